The molecule has 0 bridgehead atoms. The quantitative estimate of drug-likeness (QED) is 0.713. The molecule has 2 heterocycles. The lowest BCUT2D eigenvalue weighted by Gasteiger charge is -2.17. The van der Waals surface area contributed by atoms with E-state index in [1.54, 1.807) is 6.20 Å². The molecule has 0 unspecified atom stereocenters. The summed E-state index contributed by atoms with van der Waals surface area (Å²) in [5, 5.41) is 0. The molecule has 0 saturated carbocycles. The number of nitrogens with zero attached hydrogens (tertiary/aromatic N) is 3. The van der Waals surface area contributed by atoms with E-state index >= 15 is 0 Å². The predicted molar refractivity (Wildman–Crippen MR) is 60.9 cm³/mol. The molecule has 3 heteroatoms. The van der Waals surface area contributed by atoms with Gasteiger partial charge in [-0.1, -0.05) is 20.8 Å². The van der Waals surface area contributed by atoms with Crippen LogP contribution in [0.2, 0.25) is 0 Å². The van der Waals surface area contributed by atoms with Crippen LogP contribution in [0.1, 0.15) is 32.3 Å². The number of hydrogen-bond donors (Lipinski definition) is 0. The van der Waals surface area contributed by atoms with Gasteiger partial charge in [0.2, 0.25) is 0 Å². The first-order valence-electron chi connectivity index (χ1n) is 5.25. The highest BCUT2D eigenvalue weighted by molar-refractivity contribution is 5.40. The summed E-state index contributed by atoms with van der Waals surface area (Å²) >= 11 is 0. The third-order valence-electron chi connectivity index (χ3n) is 2.38. The van der Waals surface area contributed by atoms with Crippen molar-refractivity contribution in [3.05, 3.63) is 30.0 Å². The first-order valence-corrected chi connectivity index (χ1v) is 5.25. The van der Waals surface area contributed by atoms with Gasteiger partial charge in [-0.05, 0) is 24.8 Å². The van der Waals surface area contributed by atoms with Gasteiger partial charge < -0.3 is 0 Å². The third kappa shape index (κ3) is 2.01. The van der Waals surface area contributed by atoms with Crippen LogP contribution in [-0.2, 0) is 6.42 Å². The Balaban J connectivity index is 2.53. The maximum atomic E-state index is 4.39. The minimum atomic E-state index is 0.276. The van der Waals surface area contributed by atoms with E-state index in [2.05, 4.69) is 35.1 Å². The van der Waals surface area contributed by atoms with Gasteiger partial charge in [-0.2, -0.15) is 0 Å². The van der Waals surface area contributed by atoms with E-state index in [0.717, 1.165) is 17.9 Å². The van der Waals surface area contributed by atoms with Crippen LogP contribution in [0.5, 0.6) is 0 Å². The molecule has 0 saturated heterocycles. The first-order chi connectivity index (χ1) is 6.97. The number of aryl methyl sites for hydroxylation is 1. The molecule has 0 aromatic carbocycles. The van der Waals surface area contributed by atoms with Crippen LogP contribution in [-0.4, -0.2) is 14.4 Å². The van der Waals surface area contributed by atoms with Crippen molar-refractivity contribution in [3.8, 4) is 0 Å². The van der Waals surface area contributed by atoms with Crippen molar-refractivity contribution in [2.75, 3.05) is 0 Å². The Bertz CT molecular complexity index is 477. The molecule has 0 amide bonds. The molecule has 3 nitrogen and oxygen atoms in total. The second kappa shape index (κ2) is 3.33. The van der Waals surface area contributed by atoms with Crippen LogP contribution in [0.3, 0.4) is 0 Å². The van der Waals surface area contributed by atoms with Gasteiger partial charge in [0.05, 0.1) is 0 Å². The van der Waals surface area contributed by atoms with Crippen molar-refractivity contribution in [2.24, 2.45) is 5.41 Å². The Hall–Kier alpha value is -1.38. The van der Waals surface area contributed by atoms with E-state index in [1.807, 2.05) is 19.2 Å². The van der Waals surface area contributed by atoms with Crippen molar-refractivity contribution < 1.29 is 0 Å². The smallest absolute Gasteiger partial charge is 0.139 e. The SMILES string of the molecule is Cc1nccc2ncc(CC(C)(C)C)n12. The van der Waals surface area contributed by atoms with E-state index in [-0.39, 0.29) is 5.41 Å². The van der Waals surface area contributed by atoms with Gasteiger partial charge >= 0.3 is 0 Å². The number of aromatic nitrogens is 3. The highest BCUT2D eigenvalue weighted by atomic mass is 15.1. The molecule has 2 aromatic heterocycles. The van der Waals surface area contributed by atoms with E-state index < -0.39 is 0 Å². The Morgan fingerprint density at radius 2 is 2.00 bits per heavy atom. The highest BCUT2D eigenvalue weighted by Gasteiger charge is 2.15. The molecular weight excluding hydrogens is 186 g/mol. The van der Waals surface area contributed by atoms with Gasteiger partial charge in [-0.25, -0.2) is 9.97 Å². The second-order valence-corrected chi connectivity index (χ2v) is 5.17. The lowest BCUT2D eigenvalue weighted by Crippen LogP contribution is -2.12. The van der Waals surface area contributed by atoms with Gasteiger partial charge in [-0.15, -0.1) is 0 Å². The number of hydrogen-bond acceptors (Lipinski definition) is 2. The van der Waals surface area contributed by atoms with Crippen LogP contribution < -0.4 is 0 Å². The van der Waals surface area contributed by atoms with E-state index in [4.69, 9.17) is 0 Å². The molecule has 0 N–H and O–H groups in total. The van der Waals surface area contributed by atoms with Crippen LogP contribution in [0.25, 0.3) is 5.65 Å². The summed E-state index contributed by atoms with van der Waals surface area (Å²) in [6.07, 6.45) is 4.77. The molecule has 0 fully saturated rings. The monoisotopic (exact) mass is 203 g/mol. The minimum absolute atomic E-state index is 0.276. The Kier molecular flexibility index (Phi) is 2.25. The van der Waals surface area contributed by atoms with Crippen molar-refractivity contribution in [2.45, 2.75) is 34.1 Å². The fraction of sp³-hybridized carbons (Fsp3) is 0.500. The minimum Gasteiger partial charge on any atom is -0.285 e. The summed E-state index contributed by atoms with van der Waals surface area (Å²) in [6, 6.07) is 1.94. The van der Waals surface area contributed by atoms with E-state index in [1.165, 1.54) is 5.69 Å². The van der Waals surface area contributed by atoms with E-state index in [9.17, 15) is 0 Å². The highest BCUT2D eigenvalue weighted by Crippen LogP contribution is 2.21. The number of imidazole rings is 1. The maximum Gasteiger partial charge on any atom is 0.139 e. The van der Waals surface area contributed by atoms with Gasteiger partial charge in [0.25, 0.3) is 0 Å². The van der Waals surface area contributed by atoms with Crippen LogP contribution >= 0.6 is 0 Å². The molecule has 2 aromatic rings. The molecule has 15 heavy (non-hydrogen) atoms. The van der Waals surface area contributed by atoms with Crippen molar-refractivity contribution in [1.82, 2.24) is 14.4 Å². The fourth-order valence-corrected chi connectivity index (χ4v) is 1.83. The molecule has 0 atom stereocenters. The summed E-state index contributed by atoms with van der Waals surface area (Å²) in [5.74, 6) is 1.00. The topological polar surface area (TPSA) is 30.2 Å². The number of fused-ring (bicyclic) bond motifs is 1. The average Bonchev–Trinajstić information content (AvgIpc) is 2.47. The fourth-order valence-electron chi connectivity index (χ4n) is 1.83. The second-order valence-electron chi connectivity index (χ2n) is 5.17. The average molecular weight is 203 g/mol. The standard InChI is InChI=1S/C12H17N3/c1-9-13-6-5-11-14-8-10(15(9)11)7-12(2,3)4/h5-6,8H,7H2,1-4H3. The predicted octanol–water partition coefficient (Wildman–Crippen LogP) is 2.63. The van der Waals surface area contributed by atoms with Crippen molar-refractivity contribution in [3.63, 3.8) is 0 Å². The Morgan fingerprint density at radius 3 is 2.67 bits per heavy atom. The van der Waals surface area contributed by atoms with Crippen LogP contribution in [0.15, 0.2) is 18.5 Å². The summed E-state index contributed by atoms with van der Waals surface area (Å²) in [7, 11) is 0. The van der Waals surface area contributed by atoms with Gasteiger partial charge in [0, 0.05) is 18.1 Å². The lowest BCUT2D eigenvalue weighted by molar-refractivity contribution is 0.404. The number of rotatable bonds is 1. The molecule has 0 spiro atoms. The molecular formula is C12H17N3. The Morgan fingerprint density at radius 1 is 1.27 bits per heavy atom. The molecule has 0 radical (unpaired) electrons. The summed E-state index contributed by atoms with van der Waals surface area (Å²) in [4.78, 5) is 8.68. The van der Waals surface area contributed by atoms with Crippen LogP contribution in [0, 0.1) is 12.3 Å². The van der Waals surface area contributed by atoms with Crippen molar-refractivity contribution in [1.29, 1.82) is 0 Å². The third-order valence-corrected chi connectivity index (χ3v) is 2.38. The molecule has 0 aliphatic carbocycles. The van der Waals surface area contributed by atoms with Gasteiger partial charge in [0.15, 0.2) is 0 Å². The normalized spacial score (nSPS) is 12.3. The summed E-state index contributed by atoms with van der Waals surface area (Å²) in [5.41, 5.74) is 2.50. The molecule has 80 valence electrons. The Labute approximate surface area is 90.2 Å². The van der Waals surface area contributed by atoms with Gasteiger partial charge in [0.1, 0.15) is 11.5 Å². The molecule has 0 aliphatic heterocycles. The first kappa shape index (κ1) is 10.1. The summed E-state index contributed by atoms with van der Waals surface area (Å²) < 4.78 is 2.13. The largest absolute Gasteiger partial charge is 0.285 e. The van der Waals surface area contributed by atoms with Gasteiger partial charge in [-0.3, -0.25) is 4.40 Å². The lowest BCUT2D eigenvalue weighted by atomic mass is 9.91. The maximum absolute atomic E-state index is 4.39. The van der Waals surface area contributed by atoms with Crippen LogP contribution in [0.4, 0.5) is 0 Å². The zero-order valence-corrected chi connectivity index (χ0v) is 9.78. The zero-order chi connectivity index (χ0) is 11.1. The van der Waals surface area contributed by atoms with Crippen molar-refractivity contribution >= 4 is 5.65 Å². The summed E-state index contributed by atoms with van der Waals surface area (Å²) in [6.45, 7) is 8.72. The molecule has 0 aliphatic rings. The zero-order valence-electron chi connectivity index (χ0n) is 9.78. The van der Waals surface area contributed by atoms with E-state index in [0.29, 0.717) is 0 Å². The molecule has 2 rings (SSSR count).